The third-order valence-corrected chi connectivity index (χ3v) is 4.43. The molecule has 4 nitrogen and oxygen atoms in total. The molecule has 104 valence electrons. The molecule has 0 aromatic heterocycles. The van der Waals surface area contributed by atoms with E-state index < -0.39 is 0 Å². The van der Waals surface area contributed by atoms with Gasteiger partial charge in [0, 0.05) is 15.7 Å². The van der Waals surface area contributed by atoms with Crippen LogP contribution in [0.1, 0.15) is 5.56 Å². The first-order valence-electron chi connectivity index (χ1n) is 5.72. The van der Waals surface area contributed by atoms with Gasteiger partial charge < -0.3 is 4.90 Å². The van der Waals surface area contributed by atoms with Gasteiger partial charge in [-0.25, -0.2) is 0 Å². The predicted octanol–water partition coefficient (Wildman–Crippen LogP) is 2.77. The maximum absolute atomic E-state index is 12.4. The summed E-state index contributed by atoms with van der Waals surface area (Å²) < 4.78 is 1.58. The topological polar surface area (TPSA) is 44.7 Å². The SMILES string of the molecule is C=CCN1C(=O)C(=NNC(=S)SC)c2cc(I)ccc21. The van der Waals surface area contributed by atoms with Gasteiger partial charge in [-0.1, -0.05) is 30.1 Å². The van der Waals surface area contributed by atoms with E-state index >= 15 is 0 Å². The minimum atomic E-state index is -0.140. The fourth-order valence-corrected chi connectivity index (χ4v) is 2.53. The highest BCUT2D eigenvalue weighted by Crippen LogP contribution is 2.30. The van der Waals surface area contributed by atoms with Crippen LogP contribution >= 0.6 is 46.6 Å². The molecule has 1 aliphatic rings. The summed E-state index contributed by atoms with van der Waals surface area (Å²) >= 11 is 8.62. The number of hydrazone groups is 1. The van der Waals surface area contributed by atoms with Crippen molar-refractivity contribution >= 4 is 68.2 Å². The zero-order chi connectivity index (χ0) is 14.7. The van der Waals surface area contributed by atoms with Gasteiger partial charge in [-0.05, 0) is 47.0 Å². The molecule has 0 saturated carbocycles. The third kappa shape index (κ3) is 3.04. The Labute approximate surface area is 140 Å². The molecule has 0 saturated heterocycles. The number of fused-ring (bicyclic) bond motifs is 1. The number of nitrogens with one attached hydrogen (secondary N) is 1. The fraction of sp³-hybridized carbons (Fsp3) is 0.154. The van der Waals surface area contributed by atoms with Crippen LogP contribution in [-0.2, 0) is 4.79 Å². The normalized spacial score (nSPS) is 15.4. The highest BCUT2D eigenvalue weighted by atomic mass is 127. The molecule has 0 aliphatic carbocycles. The van der Waals surface area contributed by atoms with Crippen molar-refractivity contribution in [1.82, 2.24) is 5.43 Å². The molecule has 1 aromatic rings. The Morgan fingerprint density at radius 3 is 3.05 bits per heavy atom. The summed E-state index contributed by atoms with van der Waals surface area (Å²) in [5.74, 6) is -0.140. The first-order valence-corrected chi connectivity index (χ1v) is 8.44. The summed E-state index contributed by atoms with van der Waals surface area (Å²) in [7, 11) is 0. The number of carbonyl (C=O) groups excluding carboxylic acids is 1. The van der Waals surface area contributed by atoms with Gasteiger partial charge in [0.25, 0.3) is 5.91 Å². The molecule has 0 bridgehead atoms. The Hall–Kier alpha value is -0.930. The van der Waals surface area contributed by atoms with Gasteiger partial charge in [0.05, 0.1) is 5.69 Å². The van der Waals surface area contributed by atoms with Crippen LogP contribution in [-0.4, -0.2) is 28.7 Å². The van der Waals surface area contributed by atoms with E-state index in [0.717, 1.165) is 14.8 Å². The van der Waals surface area contributed by atoms with E-state index in [0.29, 0.717) is 16.6 Å². The number of benzene rings is 1. The maximum Gasteiger partial charge on any atom is 0.279 e. The molecule has 2 rings (SSSR count). The van der Waals surface area contributed by atoms with Crippen LogP contribution in [0, 0.1) is 3.57 Å². The molecule has 0 radical (unpaired) electrons. The van der Waals surface area contributed by atoms with Crippen molar-refractivity contribution in [3.63, 3.8) is 0 Å². The fourth-order valence-electron chi connectivity index (χ4n) is 1.85. The second-order valence-electron chi connectivity index (χ2n) is 3.93. The number of hydrogen-bond donors (Lipinski definition) is 1. The summed E-state index contributed by atoms with van der Waals surface area (Å²) in [5.41, 5.74) is 4.79. The molecule has 7 heteroatoms. The third-order valence-electron chi connectivity index (χ3n) is 2.71. The molecule has 1 aromatic carbocycles. The number of amides is 1. The van der Waals surface area contributed by atoms with Crippen LogP contribution in [0.25, 0.3) is 0 Å². The first kappa shape index (κ1) is 15.5. The molecule has 20 heavy (non-hydrogen) atoms. The van der Waals surface area contributed by atoms with E-state index in [9.17, 15) is 4.79 Å². The zero-order valence-corrected chi connectivity index (χ0v) is 14.5. The van der Waals surface area contributed by atoms with Crippen LogP contribution in [0.15, 0.2) is 36.0 Å². The number of hydrogen-bond acceptors (Lipinski definition) is 4. The summed E-state index contributed by atoms with van der Waals surface area (Å²) in [6.45, 7) is 4.14. The lowest BCUT2D eigenvalue weighted by Crippen LogP contribution is -2.31. The summed E-state index contributed by atoms with van der Waals surface area (Å²) in [6, 6.07) is 5.83. The molecule has 1 amide bonds. The second kappa shape index (κ2) is 6.68. The van der Waals surface area contributed by atoms with Crippen LogP contribution in [0.3, 0.4) is 0 Å². The molecule has 1 heterocycles. The number of nitrogens with zero attached hydrogens (tertiary/aromatic N) is 2. The van der Waals surface area contributed by atoms with Crippen molar-refractivity contribution in [3.05, 3.63) is 40.0 Å². The number of carbonyl (C=O) groups is 1. The molecule has 1 aliphatic heterocycles. The van der Waals surface area contributed by atoms with Gasteiger partial charge in [0.15, 0.2) is 10.0 Å². The van der Waals surface area contributed by atoms with Crippen LogP contribution in [0.2, 0.25) is 0 Å². The highest BCUT2D eigenvalue weighted by molar-refractivity contribution is 14.1. The number of rotatable bonds is 3. The van der Waals surface area contributed by atoms with Crippen molar-refractivity contribution in [2.45, 2.75) is 0 Å². The average Bonchev–Trinajstić information content (AvgIpc) is 2.69. The van der Waals surface area contributed by atoms with Crippen molar-refractivity contribution in [1.29, 1.82) is 0 Å². The van der Waals surface area contributed by atoms with Gasteiger partial charge in [-0.2, -0.15) is 5.10 Å². The Balaban J connectivity index is 2.44. The minimum absolute atomic E-state index is 0.140. The molecule has 0 spiro atoms. The van der Waals surface area contributed by atoms with E-state index in [2.05, 4.69) is 39.7 Å². The van der Waals surface area contributed by atoms with E-state index in [1.165, 1.54) is 11.8 Å². The Morgan fingerprint density at radius 1 is 1.65 bits per heavy atom. The molecular weight excluding hydrogens is 405 g/mol. The standard InChI is InChI=1S/C13H12IN3OS2/c1-3-6-17-10-5-4-8(14)7-9(10)11(12(17)18)15-16-13(19)20-2/h3-5,7H,1,6H2,2H3,(H,16,19). The lowest BCUT2D eigenvalue weighted by Gasteiger charge is -2.13. The molecule has 0 unspecified atom stereocenters. The molecule has 0 atom stereocenters. The van der Waals surface area contributed by atoms with E-state index in [4.69, 9.17) is 12.2 Å². The average molecular weight is 417 g/mol. The summed E-state index contributed by atoms with van der Waals surface area (Å²) in [5, 5.41) is 4.17. The first-order chi connectivity index (χ1) is 9.58. The number of anilines is 1. The zero-order valence-electron chi connectivity index (χ0n) is 10.7. The molecule has 1 N–H and O–H groups in total. The van der Waals surface area contributed by atoms with Crippen LogP contribution in [0.4, 0.5) is 5.69 Å². The second-order valence-corrected chi connectivity index (χ2v) is 6.66. The number of halogens is 1. The van der Waals surface area contributed by atoms with Crippen molar-refractivity contribution < 1.29 is 4.79 Å². The Kier molecular flexibility index (Phi) is 5.17. The van der Waals surface area contributed by atoms with Gasteiger partial charge in [-0.3, -0.25) is 10.2 Å². The lowest BCUT2D eigenvalue weighted by molar-refractivity contribution is -0.112. The largest absolute Gasteiger partial charge is 0.302 e. The summed E-state index contributed by atoms with van der Waals surface area (Å²) in [4.78, 5) is 14.1. The molecular formula is C13H12IN3OS2. The predicted molar refractivity (Wildman–Crippen MR) is 97.5 cm³/mol. The maximum atomic E-state index is 12.4. The Morgan fingerprint density at radius 2 is 2.40 bits per heavy atom. The van der Waals surface area contributed by atoms with Gasteiger partial charge in [-0.15, -0.1) is 6.58 Å². The van der Waals surface area contributed by atoms with E-state index in [-0.39, 0.29) is 5.91 Å². The quantitative estimate of drug-likeness (QED) is 0.356. The van der Waals surface area contributed by atoms with Gasteiger partial charge >= 0.3 is 0 Å². The smallest absolute Gasteiger partial charge is 0.279 e. The minimum Gasteiger partial charge on any atom is -0.302 e. The van der Waals surface area contributed by atoms with Crippen molar-refractivity contribution in [2.24, 2.45) is 5.10 Å². The van der Waals surface area contributed by atoms with E-state index in [1.807, 2.05) is 24.5 Å². The Bertz CT molecular complexity index is 616. The monoisotopic (exact) mass is 417 g/mol. The van der Waals surface area contributed by atoms with Gasteiger partial charge in [0.1, 0.15) is 0 Å². The van der Waals surface area contributed by atoms with Crippen LogP contribution in [0.5, 0.6) is 0 Å². The van der Waals surface area contributed by atoms with Gasteiger partial charge in [0.2, 0.25) is 0 Å². The van der Waals surface area contributed by atoms with E-state index in [1.54, 1.807) is 11.0 Å². The number of thioether (sulfide) groups is 1. The number of thiocarbonyl (C=S) groups is 1. The van der Waals surface area contributed by atoms with Crippen LogP contribution < -0.4 is 10.3 Å². The van der Waals surface area contributed by atoms with Crippen molar-refractivity contribution in [3.8, 4) is 0 Å². The molecule has 0 fully saturated rings. The highest BCUT2D eigenvalue weighted by Gasteiger charge is 2.33. The lowest BCUT2D eigenvalue weighted by atomic mass is 10.1. The summed E-state index contributed by atoms with van der Waals surface area (Å²) in [6.07, 6.45) is 3.55. The van der Waals surface area contributed by atoms with Crippen molar-refractivity contribution in [2.75, 3.05) is 17.7 Å².